The normalized spacial score (nSPS) is 28.3. The molecule has 226 valence electrons. The minimum Gasteiger partial charge on any atom is -0.466 e. The Hall–Kier alpha value is -0.650. The maximum atomic E-state index is 12.4. The van der Waals surface area contributed by atoms with E-state index in [-0.39, 0.29) is 12.1 Å². The predicted molar refractivity (Wildman–Crippen MR) is 158 cm³/mol. The van der Waals surface area contributed by atoms with Gasteiger partial charge in [0, 0.05) is 0 Å². The molecule has 4 aliphatic rings. The monoisotopic (exact) mass is 547 g/mol. The van der Waals surface area contributed by atoms with E-state index in [0.29, 0.717) is 36.2 Å². The van der Waals surface area contributed by atoms with Crippen molar-refractivity contribution >= 4 is 5.97 Å². The van der Waals surface area contributed by atoms with Crippen molar-refractivity contribution in [2.75, 3.05) is 26.2 Å². The molecular weight excluding hydrogens is 486 g/mol. The lowest BCUT2D eigenvalue weighted by atomic mass is 9.59. The minimum atomic E-state index is -0.432. The van der Waals surface area contributed by atoms with Crippen LogP contribution in [0, 0.1) is 35.0 Å². The molecule has 2 N–H and O–H groups in total. The summed E-state index contributed by atoms with van der Waals surface area (Å²) in [4.78, 5) is 15.0. The van der Waals surface area contributed by atoms with E-state index in [1.807, 2.05) is 20.8 Å². The molecule has 1 atom stereocenters. The van der Waals surface area contributed by atoms with Gasteiger partial charge in [-0.3, -0.25) is 4.79 Å². The quantitative estimate of drug-likeness (QED) is 0.269. The van der Waals surface area contributed by atoms with Crippen molar-refractivity contribution < 1.29 is 19.7 Å². The zero-order valence-electron chi connectivity index (χ0n) is 25.7. The molecule has 3 aliphatic carbocycles. The van der Waals surface area contributed by atoms with Gasteiger partial charge in [-0.05, 0) is 147 Å². The average molecular weight is 548 g/mol. The van der Waals surface area contributed by atoms with E-state index in [1.54, 1.807) is 0 Å². The summed E-state index contributed by atoms with van der Waals surface area (Å²) in [6.45, 7) is 9.66. The van der Waals surface area contributed by atoms with Gasteiger partial charge in [-0.15, -0.1) is 0 Å². The Kier molecular flexibility index (Phi) is 11.6. The summed E-state index contributed by atoms with van der Waals surface area (Å²) in [5.41, 5.74) is -0.859. The second kappa shape index (κ2) is 14.5. The summed E-state index contributed by atoms with van der Waals surface area (Å²) in [7, 11) is 0. The summed E-state index contributed by atoms with van der Waals surface area (Å²) in [5.74, 6) is 2.17. The highest BCUT2D eigenvalue weighted by molar-refractivity contribution is 5.76. The number of rotatable bonds is 11. The van der Waals surface area contributed by atoms with Gasteiger partial charge in [0.15, 0.2) is 0 Å². The number of carbonyl (C=O) groups is 1. The third kappa shape index (κ3) is 7.60. The number of piperidine rings is 1. The van der Waals surface area contributed by atoms with Crippen LogP contribution < -0.4 is 0 Å². The Morgan fingerprint density at radius 1 is 0.795 bits per heavy atom. The van der Waals surface area contributed by atoms with E-state index < -0.39 is 11.0 Å². The lowest BCUT2D eigenvalue weighted by molar-refractivity contribution is -0.157. The van der Waals surface area contributed by atoms with Gasteiger partial charge in [0.1, 0.15) is 0 Å². The fourth-order valence-corrected chi connectivity index (χ4v) is 9.22. The number of aliphatic hydroxyl groups is 2. The second-order valence-corrected chi connectivity index (χ2v) is 14.4. The number of nitrogens with zero attached hydrogens (tertiary/aromatic N) is 1. The third-order valence-corrected chi connectivity index (χ3v) is 11.9. The Morgan fingerprint density at radius 2 is 1.31 bits per heavy atom. The maximum absolute atomic E-state index is 12.4. The van der Waals surface area contributed by atoms with Crippen LogP contribution in [-0.4, -0.2) is 59.0 Å². The van der Waals surface area contributed by atoms with Gasteiger partial charge in [0.25, 0.3) is 0 Å². The number of aliphatic hydroxyl groups excluding tert-OH is 1. The number of hydrogen-bond donors (Lipinski definition) is 2. The van der Waals surface area contributed by atoms with E-state index in [4.69, 9.17) is 4.74 Å². The first-order valence-electron chi connectivity index (χ1n) is 17.1. The zero-order chi connectivity index (χ0) is 27.9. The molecule has 4 fully saturated rings. The molecule has 1 unspecified atom stereocenters. The maximum Gasteiger partial charge on any atom is 0.311 e. The van der Waals surface area contributed by atoms with E-state index in [9.17, 15) is 15.0 Å². The van der Waals surface area contributed by atoms with Crippen molar-refractivity contribution in [1.82, 2.24) is 4.90 Å². The summed E-state index contributed by atoms with van der Waals surface area (Å²) >= 11 is 0. The fourth-order valence-electron chi connectivity index (χ4n) is 9.22. The predicted octanol–water partition coefficient (Wildman–Crippen LogP) is 7.13. The molecule has 0 bridgehead atoms. The first-order valence-corrected chi connectivity index (χ1v) is 17.1. The Bertz CT molecular complexity index is 707. The highest BCUT2D eigenvalue weighted by atomic mass is 16.5. The zero-order valence-corrected chi connectivity index (χ0v) is 25.7. The number of esters is 1. The Labute approximate surface area is 239 Å². The van der Waals surface area contributed by atoms with Gasteiger partial charge in [-0.2, -0.15) is 0 Å². The molecule has 1 heterocycles. The molecule has 5 nitrogen and oxygen atoms in total. The van der Waals surface area contributed by atoms with Gasteiger partial charge in [-0.25, -0.2) is 0 Å². The van der Waals surface area contributed by atoms with Gasteiger partial charge < -0.3 is 19.8 Å². The van der Waals surface area contributed by atoms with Gasteiger partial charge in [0.05, 0.1) is 23.7 Å². The van der Waals surface area contributed by atoms with Crippen LogP contribution in [0.4, 0.5) is 0 Å². The summed E-state index contributed by atoms with van der Waals surface area (Å²) < 4.78 is 5.32. The van der Waals surface area contributed by atoms with Crippen LogP contribution in [0.3, 0.4) is 0 Å². The lowest BCUT2D eigenvalue weighted by Gasteiger charge is -2.52. The molecule has 4 rings (SSSR count). The molecule has 3 saturated carbocycles. The highest BCUT2D eigenvalue weighted by Crippen LogP contribution is 2.49. The number of ether oxygens (including phenoxy) is 1. The first-order chi connectivity index (χ1) is 18.8. The van der Waals surface area contributed by atoms with Gasteiger partial charge >= 0.3 is 5.97 Å². The Balaban J connectivity index is 1.19. The number of likely N-dealkylation sites (tertiary alicyclic amines) is 1. The number of hydrogen-bond acceptors (Lipinski definition) is 5. The first kappa shape index (κ1) is 31.3. The van der Waals surface area contributed by atoms with E-state index in [1.165, 1.54) is 64.2 Å². The molecular formula is C34H61NO4. The van der Waals surface area contributed by atoms with E-state index in [0.717, 1.165) is 71.0 Å². The second-order valence-electron chi connectivity index (χ2n) is 14.4. The molecule has 1 saturated heterocycles. The lowest BCUT2D eigenvalue weighted by Crippen LogP contribution is -2.55. The van der Waals surface area contributed by atoms with Crippen molar-refractivity contribution in [2.45, 2.75) is 148 Å². The van der Waals surface area contributed by atoms with Crippen LogP contribution in [0.15, 0.2) is 0 Å². The summed E-state index contributed by atoms with van der Waals surface area (Å²) in [6.07, 6.45) is 21.0. The van der Waals surface area contributed by atoms with Crippen molar-refractivity contribution in [3.05, 3.63) is 0 Å². The highest BCUT2D eigenvalue weighted by Gasteiger charge is 2.50. The third-order valence-electron chi connectivity index (χ3n) is 11.9. The van der Waals surface area contributed by atoms with E-state index in [2.05, 4.69) is 4.90 Å². The molecule has 0 aromatic carbocycles. The van der Waals surface area contributed by atoms with Crippen molar-refractivity contribution in [3.8, 4) is 0 Å². The van der Waals surface area contributed by atoms with Crippen molar-refractivity contribution in [3.63, 3.8) is 0 Å². The number of carbonyl (C=O) groups excluding carboxylic acids is 1. The summed E-state index contributed by atoms with van der Waals surface area (Å²) in [5, 5.41) is 23.4. The van der Waals surface area contributed by atoms with Crippen LogP contribution >= 0.6 is 0 Å². The van der Waals surface area contributed by atoms with Crippen LogP contribution in [0.5, 0.6) is 0 Å². The molecule has 0 amide bonds. The van der Waals surface area contributed by atoms with Gasteiger partial charge in [-0.1, -0.05) is 38.5 Å². The standard InChI is InChI=1S/C34H61NO4/c1-4-39-32(37)33(2,3)27-19-17-26(18-20-27)31(36)16-11-23-35-24-21-30(22-25-35)34(38,28-12-7-5-8-13-28)29-14-9-6-10-15-29/h26-31,36,38H,4-25H2,1-3H3. The van der Waals surface area contributed by atoms with Gasteiger partial charge in [0.2, 0.25) is 0 Å². The molecule has 0 aromatic heterocycles. The van der Waals surface area contributed by atoms with Crippen LogP contribution in [0.2, 0.25) is 0 Å². The molecule has 0 aromatic rings. The van der Waals surface area contributed by atoms with Crippen LogP contribution in [0.25, 0.3) is 0 Å². The van der Waals surface area contributed by atoms with Crippen molar-refractivity contribution in [2.24, 2.45) is 35.0 Å². The summed E-state index contributed by atoms with van der Waals surface area (Å²) in [6, 6.07) is 0. The SMILES string of the molecule is CCOC(=O)C(C)(C)C1CCC(C(O)CCCN2CCC(C(O)(C3CCCCC3)C3CCCCC3)CC2)CC1. The fraction of sp³-hybridized carbons (Fsp3) is 0.971. The average Bonchev–Trinajstić information content (AvgIpc) is 2.98. The van der Waals surface area contributed by atoms with Crippen LogP contribution in [0.1, 0.15) is 136 Å². The molecule has 39 heavy (non-hydrogen) atoms. The largest absolute Gasteiger partial charge is 0.466 e. The molecule has 1 aliphatic heterocycles. The molecule has 5 heteroatoms. The van der Waals surface area contributed by atoms with Crippen LogP contribution in [-0.2, 0) is 9.53 Å². The topological polar surface area (TPSA) is 70.0 Å². The molecule has 0 spiro atoms. The molecule has 0 radical (unpaired) electrons. The van der Waals surface area contributed by atoms with E-state index >= 15 is 0 Å². The Morgan fingerprint density at radius 3 is 1.82 bits per heavy atom. The minimum absolute atomic E-state index is 0.0753. The smallest absolute Gasteiger partial charge is 0.311 e. The van der Waals surface area contributed by atoms with Crippen molar-refractivity contribution in [1.29, 1.82) is 0 Å².